The quantitative estimate of drug-likeness (QED) is 0.805. The smallest absolute Gasteiger partial charge is 0.0992 e. The second-order valence-electron chi connectivity index (χ2n) is 4.82. The van der Waals surface area contributed by atoms with Crippen LogP contribution >= 0.6 is 11.6 Å². The molecule has 19 heavy (non-hydrogen) atoms. The summed E-state index contributed by atoms with van der Waals surface area (Å²) in [6.07, 6.45) is 1.90. The van der Waals surface area contributed by atoms with Gasteiger partial charge in [-0.05, 0) is 37.0 Å². The number of nitrogens with one attached hydrogen (secondary N) is 1. The Morgan fingerprint density at radius 1 is 1.53 bits per heavy atom. The first kappa shape index (κ1) is 14.1. The number of ether oxygens (including phenoxy) is 1. The number of nitrogens with zero attached hydrogens (tertiary/aromatic N) is 1. The van der Waals surface area contributed by atoms with Crippen molar-refractivity contribution in [3.05, 3.63) is 28.8 Å². The van der Waals surface area contributed by atoms with Crippen molar-refractivity contribution in [1.29, 1.82) is 5.26 Å². The number of benzene rings is 1. The Labute approximate surface area is 117 Å². The van der Waals surface area contributed by atoms with E-state index in [1.807, 2.05) is 0 Å². The Kier molecular flexibility index (Phi) is 5.03. The molecule has 4 nitrogen and oxygen atoms in total. The van der Waals surface area contributed by atoms with Crippen LogP contribution in [0.25, 0.3) is 0 Å². The molecule has 1 unspecified atom stereocenters. The molecule has 2 N–H and O–H groups in total. The molecule has 0 aliphatic heterocycles. The molecule has 1 aliphatic rings. The highest BCUT2D eigenvalue weighted by atomic mass is 35.5. The molecule has 0 saturated heterocycles. The van der Waals surface area contributed by atoms with Crippen LogP contribution < -0.4 is 5.32 Å². The molecule has 0 bridgehead atoms. The molecule has 102 valence electrons. The molecular formula is C14H17ClN2O2. The highest BCUT2D eigenvalue weighted by Crippen LogP contribution is 2.28. The molecule has 5 heteroatoms. The minimum atomic E-state index is -0.583. The van der Waals surface area contributed by atoms with Gasteiger partial charge in [-0.1, -0.05) is 11.6 Å². The van der Waals surface area contributed by atoms with Crippen LogP contribution in [0.1, 0.15) is 18.4 Å². The van der Waals surface area contributed by atoms with Gasteiger partial charge in [0.05, 0.1) is 35.1 Å². The fourth-order valence-electron chi connectivity index (χ4n) is 1.67. The van der Waals surface area contributed by atoms with Gasteiger partial charge in [-0.25, -0.2) is 0 Å². The van der Waals surface area contributed by atoms with E-state index < -0.39 is 6.10 Å². The zero-order valence-electron chi connectivity index (χ0n) is 10.6. The molecule has 1 saturated carbocycles. The topological polar surface area (TPSA) is 65.3 Å². The van der Waals surface area contributed by atoms with Crippen LogP contribution in [-0.2, 0) is 4.74 Å². The van der Waals surface area contributed by atoms with Crippen molar-refractivity contribution in [2.45, 2.75) is 18.9 Å². The Morgan fingerprint density at radius 2 is 2.32 bits per heavy atom. The summed E-state index contributed by atoms with van der Waals surface area (Å²) < 4.78 is 5.41. The van der Waals surface area contributed by atoms with Crippen molar-refractivity contribution < 1.29 is 9.84 Å². The van der Waals surface area contributed by atoms with Crippen molar-refractivity contribution in [3.63, 3.8) is 0 Å². The SMILES string of the molecule is N#Cc1ccc(Cl)c(NCC(O)COCC2CC2)c1. The minimum absolute atomic E-state index is 0.319. The van der Waals surface area contributed by atoms with E-state index in [1.54, 1.807) is 18.2 Å². The molecule has 0 spiro atoms. The number of nitriles is 1. The van der Waals surface area contributed by atoms with E-state index in [2.05, 4.69) is 11.4 Å². The van der Waals surface area contributed by atoms with E-state index in [9.17, 15) is 5.11 Å². The zero-order valence-corrected chi connectivity index (χ0v) is 11.4. The number of halogens is 1. The van der Waals surface area contributed by atoms with Crippen LogP contribution in [0.3, 0.4) is 0 Å². The second-order valence-corrected chi connectivity index (χ2v) is 5.23. The predicted octanol–water partition coefficient (Wildman–Crippen LogP) is 2.41. The molecule has 0 heterocycles. The van der Waals surface area contributed by atoms with Crippen molar-refractivity contribution in [3.8, 4) is 6.07 Å². The summed E-state index contributed by atoms with van der Waals surface area (Å²) in [5, 5.41) is 22.1. The second kappa shape index (κ2) is 6.76. The van der Waals surface area contributed by atoms with Gasteiger partial charge in [0.15, 0.2) is 0 Å². The first-order valence-electron chi connectivity index (χ1n) is 6.38. The Morgan fingerprint density at radius 3 is 3.00 bits per heavy atom. The summed E-state index contributed by atoms with van der Waals surface area (Å²) in [5.74, 6) is 0.696. The maximum Gasteiger partial charge on any atom is 0.0992 e. The van der Waals surface area contributed by atoms with E-state index in [4.69, 9.17) is 21.6 Å². The van der Waals surface area contributed by atoms with Crippen molar-refractivity contribution in [2.24, 2.45) is 5.92 Å². The average molecular weight is 281 g/mol. The maximum absolute atomic E-state index is 9.77. The summed E-state index contributed by atoms with van der Waals surface area (Å²) in [6.45, 7) is 1.40. The van der Waals surface area contributed by atoms with Gasteiger partial charge < -0.3 is 15.2 Å². The van der Waals surface area contributed by atoms with Gasteiger partial charge in [-0.3, -0.25) is 0 Å². The summed E-state index contributed by atoms with van der Waals surface area (Å²) in [7, 11) is 0. The largest absolute Gasteiger partial charge is 0.389 e. The monoisotopic (exact) mass is 280 g/mol. The molecule has 2 rings (SSSR count). The van der Waals surface area contributed by atoms with E-state index in [0.717, 1.165) is 6.61 Å². The molecule has 0 aromatic heterocycles. The van der Waals surface area contributed by atoms with Crippen molar-refractivity contribution in [1.82, 2.24) is 0 Å². The van der Waals surface area contributed by atoms with E-state index in [0.29, 0.717) is 35.3 Å². The van der Waals surface area contributed by atoms with Gasteiger partial charge in [-0.15, -0.1) is 0 Å². The van der Waals surface area contributed by atoms with Crippen molar-refractivity contribution in [2.75, 3.05) is 25.1 Å². The van der Waals surface area contributed by atoms with Crippen LogP contribution in [0.5, 0.6) is 0 Å². The van der Waals surface area contributed by atoms with Gasteiger partial charge in [0.1, 0.15) is 0 Å². The highest BCUT2D eigenvalue weighted by Gasteiger charge is 2.21. The lowest BCUT2D eigenvalue weighted by Gasteiger charge is -2.14. The summed E-state index contributed by atoms with van der Waals surface area (Å²) >= 11 is 6.01. The maximum atomic E-state index is 9.77. The number of hydrogen-bond acceptors (Lipinski definition) is 4. The standard InChI is InChI=1S/C14H17ClN2O2/c15-13-4-3-11(6-16)5-14(13)17-7-12(18)9-19-8-10-1-2-10/h3-5,10,12,17-18H,1-2,7-9H2. The number of anilines is 1. The number of aliphatic hydroxyl groups excluding tert-OH is 1. The summed E-state index contributed by atoms with van der Waals surface area (Å²) in [4.78, 5) is 0. The first-order valence-corrected chi connectivity index (χ1v) is 6.76. The fourth-order valence-corrected chi connectivity index (χ4v) is 1.86. The van der Waals surface area contributed by atoms with Crippen LogP contribution in [0.2, 0.25) is 5.02 Å². The van der Waals surface area contributed by atoms with Crippen LogP contribution in [0.4, 0.5) is 5.69 Å². The normalized spacial score (nSPS) is 15.8. The third kappa shape index (κ3) is 4.71. The van der Waals surface area contributed by atoms with Gasteiger partial charge >= 0.3 is 0 Å². The van der Waals surface area contributed by atoms with Crippen molar-refractivity contribution >= 4 is 17.3 Å². The third-order valence-electron chi connectivity index (χ3n) is 2.98. The third-order valence-corrected chi connectivity index (χ3v) is 3.31. The first-order chi connectivity index (χ1) is 9.19. The van der Waals surface area contributed by atoms with Crippen LogP contribution in [-0.4, -0.2) is 31.0 Å². The lowest BCUT2D eigenvalue weighted by Crippen LogP contribution is -2.25. The molecule has 1 aliphatic carbocycles. The Hall–Kier alpha value is -1.28. The Bertz CT molecular complexity index is 469. The van der Waals surface area contributed by atoms with E-state index in [1.165, 1.54) is 12.8 Å². The highest BCUT2D eigenvalue weighted by molar-refractivity contribution is 6.33. The molecule has 1 atom stereocenters. The lowest BCUT2D eigenvalue weighted by molar-refractivity contribution is 0.0386. The minimum Gasteiger partial charge on any atom is -0.389 e. The number of hydrogen-bond donors (Lipinski definition) is 2. The van der Waals surface area contributed by atoms with Gasteiger partial charge in [0.2, 0.25) is 0 Å². The molecule has 1 fully saturated rings. The fraction of sp³-hybridized carbons (Fsp3) is 0.500. The van der Waals surface area contributed by atoms with Gasteiger partial charge in [0.25, 0.3) is 0 Å². The molecule has 1 aromatic carbocycles. The summed E-state index contributed by atoms with van der Waals surface area (Å²) in [5.41, 5.74) is 1.19. The molecule has 0 amide bonds. The van der Waals surface area contributed by atoms with Crippen LogP contribution in [0.15, 0.2) is 18.2 Å². The predicted molar refractivity (Wildman–Crippen MR) is 74.2 cm³/mol. The molecular weight excluding hydrogens is 264 g/mol. The van der Waals surface area contributed by atoms with Gasteiger partial charge in [0, 0.05) is 13.2 Å². The van der Waals surface area contributed by atoms with Crippen LogP contribution in [0, 0.1) is 17.2 Å². The number of rotatable bonds is 7. The summed E-state index contributed by atoms with van der Waals surface area (Å²) in [6, 6.07) is 7.04. The molecule has 0 radical (unpaired) electrons. The van der Waals surface area contributed by atoms with E-state index in [-0.39, 0.29) is 0 Å². The molecule has 1 aromatic rings. The zero-order chi connectivity index (χ0) is 13.7. The number of aliphatic hydroxyl groups is 1. The Balaban J connectivity index is 1.75. The van der Waals surface area contributed by atoms with E-state index >= 15 is 0 Å². The lowest BCUT2D eigenvalue weighted by atomic mass is 10.2. The van der Waals surface area contributed by atoms with Gasteiger partial charge in [-0.2, -0.15) is 5.26 Å². The average Bonchev–Trinajstić information content (AvgIpc) is 3.22.